The maximum atomic E-state index is 12.9. The van der Waals surface area contributed by atoms with E-state index in [1.165, 1.54) is 18.2 Å². The van der Waals surface area contributed by atoms with Crippen LogP contribution in [0.5, 0.6) is 0 Å². The van der Waals surface area contributed by atoms with Gasteiger partial charge in [-0.25, -0.2) is 0 Å². The molecular weight excluding hydrogens is 317 g/mol. The van der Waals surface area contributed by atoms with Gasteiger partial charge in [-0.05, 0) is 11.6 Å². The summed E-state index contributed by atoms with van der Waals surface area (Å²) in [6, 6.07) is 3.29. The molecule has 0 spiro atoms. The number of amides is 2. The Bertz CT molecular complexity index is 602. The lowest BCUT2D eigenvalue weighted by atomic mass is 9.99. The fraction of sp³-hybridized carbons (Fsp3) is 0.357. The van der Waals surface area contributed by atoms with Gasteiger partial charge in [-0.1, -0.05) is 18.2 Å². The summed E-state index contributed by atoms with van der Waals surface area (Å²) < 4.78 is 43.2. The third-order valence-corrected chi connectivity index (χ3v) is 2.83. The average molecular weight is 332 g/mol. The van der Waals surface area contributed by atoms with Crippen LogP contribution in [0.3, 0.4) is 0 Å². The van der Waals surface area contributed by atoms with E-state index in [1.807, 2.05) is 0 Å². The molecule has 0 aliphatic rings. The van der Waals surface area contributed by atoms with E-state index in [0.717, 1.165) is 13.0 Å². The van der Waals surface area contributed by atoms with Crippen LogP contribution in [0.25, 0.3) is 0 Å². The minimum atomic E-state index is -4.60. The van der Waals surface area contributed by atoms with E-state index in [9.17, 15) is 27.6 Å². The second kappa shape index (κ2) is 7.61. The van der Waals surface area contributed by atoms with Gasteiger partial charge in [0.25, 0.3) is 5.91 Å². The number of hydrogen-bond donors (Lipinski definition) is 2. The molecule has 6 nitrogen and oxygen atoms in total. The number of alkyl halides is 3. The zero-order chi connectivity index (χ0) is 17.6. The molecule has 23 heavy (non-hydrogen) atoms. The minimum absolute atomic E-state index is 0.184. The maximum absolute atomic E-state index is 12.9. The highest BCUT2D eigenvalue weighted by Crippen LogP contribution is 2.32. The van der Waals surface area contributed by atoms with Gasteiger partial charge in [0, 0.05) is 13.3 Å². The monoisotopic (exact) mass is 332 g/mol. The molecule has 1 atom stereocenters. The molecule has 9 heteroatoms. The molecule has 0 saturated heterocycles. The first kappa shape index (κ1) is 18.5. The Morgan fingerprint density at radius 2 is 1.87 bits per heavy atom. The zero-order valence-electron chi connectivity index (χ0n) is 12.1. The molecule has 0 heterocycles. The van der Waals surface area contributed by atoms with E-state index < -0.39 is 48.6 Å². The van der Waals surface area contributed by atoms with E-state index in [2.05, 4.69) is 10.1 Å². The molecule has 0 unspecified atom stereocenters. The number of primary amides is 1. The number of nitrogens with two attached hydrogens (primary N) is 1. The van der Waals surface area contributed by atoms with Crippen LogP contribution in [0.4, 0.5) is 13.2 Å². The van der Waals surface area contributed by atoms with E-state index >= 15 is 0 Å². The van der Waals surface area contributed by atoms with Crippen molar-refractivity contribution in [3.63, 3.8) is 0 Å². The van der Waals surface area contributed by atoms with Gasteiger partial charge in [0.15, 0.2) is 6.61 Å². The van der Waals surface area contributed by atoms with Gasteiger partial charge in [0.2, 0.25) is 5.91 Å². The number of rotatable bonds is 6. The van der Waals surface area contributed by atoms with Crippen molar-refractivity contribution in [1.29, 1.82) is 0 Å². The van der Waals surface area contributed by atoms with Gasteiger partial charge in [-0.2, -0.15) is 13.2 Å². The van der Waals surface area contributed by atoms with Gasteiger partial charge in [-0.3, -0.25) is 14.4 Å². The highest BCUT2D eigenvalue weighted by atomic mass is 19.4. The van der Waals surface area contributed by atoms with Gasteiger partial charge in [0.1, 0.15) is 6.04 Å². The van der Waals surface area contributed by atoms with Gasteiger partial charge in [-0.15, -0.1) is 0 Å². The largest absolute Gasteiger partial charge is 0.456 e. The van der Waals surface area contributed by atoms with Gasteiger partial charge < -0.3 is 15.8 Å². The van der Waals surface area contributed by atoms with Crippen molar-refractivity contribution in [2.24, 2.45) is 5.73 Å². The summed E-state index contributed by atoms with van der Waals surface area (Å²) in [5.41, 5.74) is 4.01. The first-order chi connectivity index (χ1) is 10.6. The van der Waals surface area contributed by atoms with Crippen LogP contribution in [-0.4, -0.2) is 30.4 Å². The number of ether oxygens (including phenoxy) is 1. The SMILES string of the molecule is CC(=O)OCC(=O)N[C@@H](Cc1ccccc1C(F)(F)F)C(N)=O. The minimum Gasteiger partial charge on any atom is -0.456 e. The molecule has 0 aliphatic heterocycles. The predicted octanol–water partition coefficient (Wildman–Crippen LogP) is 0.781. The fourth-order valence-electron chi connectivity index (χ4n) is 1.82. The van der Waals surface area contributed by atoms with Crippen LogP contribution in [0.2, 0.25) is 0 Å². The molecule has 0 aromatic heterocycles. The van der Waals surface area contributed by atoms with E-state index in [1.54, 1.807) is 0 Å². The Balaban J connectivity index is 2.87. The van der Waals surface area contributed by atoms with Crippen LogP contribution in [0, 0.1) is 0 Å². The number of carbonyl (C=O) groups is 3. The van der Waals surface area contributed by atoms with Crippen molar-refractivity contribution < 1.29 is 32.3 Å². The van der Waals surface area contributed by atoms with E-state index in [4.69, 9.17) is 5.73 Å². The Kier molecular flexibility index (Phi) is 6.11. The van der Waals surface area contributed by atoms with Gasteiger partial charge in [0.05, 0.1) is 5.56 Å². The summed E-state index contributed by atoms with van der Waals surface area (Å²) in [5, 5.41) is 2.14. The summed E-state index contributed by atoms with van der Waals surface area (Å²) in [5.74, 6) is -2.55. The molecule has 0 aliphatic carbocycles. The fourth-order valence-corrected chi connectivity index (χ4v) is 1.82. The summed E-state index contributed by atoms with van der Waals surface area (Å²) >= 11 is 0. The molecule has 1 rings (SSSR count). The van der Waals surface area contributed by atoms with Crippen LogP contribution in [-0.2, 0) is 31.7 Å². The summed E-state index contributed by atoms with van der Waals surface area (Å²) in [6.07, 6.45) is -5.03. The lowest BCUT2D eigenvalue weighted by Crippen LogP contribution is -2.47. The quantitative estimate of drug-likeness (QED) is 0.752. The number of carbonyl (C=O) groups excluding carboxylic acids is 3. The lowest BCUT2D eigenvalue weighted by molar-refractivity contribution is -0.146. The molecule has 2 amide bonds. The molecule has 0 fully saturated rings. The van der Waals surface area contributed by atoms with E-state index in [-0.39, 0.29) is 5.56 Å². The van der Waals surface area contributed by atoms with Crippen LogP contribution in [0.15, 0.2) is 24.3 Å². The first-order valence-corrected chi connectivity index (χ1v) is 6.48. The number of esters is 1. The van der Waals surface area contributed by atoms with Crippen LogP contribution in [0.1, 0.15) is 18.1 Å². The molecule has 126 valence electrons. The molecular formula is C14H15F3N2O4. The molecule has 0 bridgehead atoms. The molecule has 0 radical (unpaired) electrons. The van der Waals surface area contributed by atoms with Crippen molar-refractivity contribution in [2.45, 2.75) is 25.6 Å². The maximum Gasteiger partial charge on any atom is 0.416 e. The predicted molar refractivity (Wildman–Crippen MR) is 72.9 cm³/mol. The Labute approximate surface area is 129 Å². The molecule has 1 aromatic carbocycles. The number of benzene rings is 1. The van der Waals surface area contributed by atoms with Crippen molar-refractivity contribution in [3.8, 4) is 0 Å². The smallest absolute Gasteiger partial charge is 0.416 e. The van der Waals surface area contributed by atoms with Crippen molar-refractivity contribution >= 4 is 17.8 Å². The molecule has 3 N–H and O–H groups in total. The average Bonchev–Trinajstić information content (AvgIpc) is 2.43. The Hall–Kier alpha value is -2.58. The first-order valence-electron chi connectivity index (χ1n) is 6.48. The zero-order valence-corrected chi connectivity index (χ0v) is 12.1. The van der Waals surface area contributed by atoms with Crippen molar-refractivity contribution in [3.05, 3.63) is 35.4 Å². The summed E-state index contributed by atoms with van der Waals surface area (Å²) in [4.78, 5) is 33.5. The second-order valence-electron chi connectivity index (χ2n) is 4.66. The summed E-state index contributed by atoms with van der Waals surface area (Å²) in [6.45, 7) is 0.429. The molecule has 1 aromatic rings. The third kappa shape index (κ3) is 5.97. The third-order valence-electron chi connectivity index (χ3n) is 2.83. The van der Waals surface area contributed by atoms with Crippen molar-refractivity contribution in [1.82, 2.24) is 5.32 Å². The second-order valence-corrected chi connectivity index (χ2v) is 4.66. The topological polar surface area (TPSA) is 98.5 Å². The Morgan fingerprint density at radius 3 is 2.39 bits per heavy atom. The van der Waals surface area contributed by atoms with Gasteiger partial charge >= 0.3 is 12.1 Å². The Morgan fingerprint density at radius 1 is 1.26 bits per heavy atom. The number of halogens is 3. The number of nitrogens with one attached hydrogen (secondary N) is 1. The number of hydrogen-bond acceptors (Lipinski definition) is 4. The molecule has 0 saturated carbocycles. The highest BCUT2D eigenvalue weighted by Gasteiger charge is 2.34. The van der Waals surface area contributed by atoms with E-state index in [0.29, 0.717) is 0 Å². The standard InChI is InChI=1S/C14H15F3N2O4/c1-8(20)23-7-12(21)19-11(13(18)22)6-9-4-2-3-5-10(9)14(15,16)17/h2-5,11H,6-7H2,1H3,(H2,18,22)(H,19,21)/t11-/m0/s1. The highest BCUT2D eigenvalue weighted by molar-refractivity contribution is 5.88. The summed E-state index contributed by atoms with van der Waals surface area (Å²) in [7, 11) is 0. The van der Waals surface area contributed by atoms with Crippen molar-refractivity contribution in [2.75, 3.05) is 6.61 Å². The van der Waals surface area contributed by atoms with Crippen LogP contribution < -0.4 is 11.1 Å². The van der Waals surface area contributed by atoms with Crippen LogP contribution >= 0.6 is 0 Å². The normalized spacial score (nSPS) is 12.3. The lowest BCUT2D eigenvalue weighted by Gasteiger charge is -2.18.